The van der Waals surface area contributed by atoms with E-state index < -0.39 is 0 Å². The van der Waals surface area contributed by atoms with Crippen molar-refractivity contribution in [3.8, 4) is 0 Å². The van der Waals surface area contributed by atoms with Gasteiger partial charge in [0.05, 0.1) is 0 Å². The molecule has 1 nitrogen and oxygen atoms in total. The Hall–Kier alpha value is -0.790. The molecule has 3 heteroatoms. The normalized spacial score (nSPS) is 10.9. The second-order valence-electron chi connectivity index (χ2n) is 3.40. The summed E-state index contributed by atoms with van der Waals surface area (Å²) in [4.78, 5) is 4.19. The zero-order valence-corrected chi connectivity index (χ0v) is 9.45. The lowest BCUT2D eigenvalue weighted by atomic mass is 10.1. The molecule has 1 aromatic heterocycles. The van der Waals surface area contributed by atoms with Crippen molar-refractivity contribution < 1.29 is 0 Å². The molecular formula is C11H9Cl2N. The zero-order valence-electron chi connectivity index (χ0n) is 7.94. The molecule has 0 bridgehead atoms. The van der Waals surface area contributed by atoms with Crippen molar-refractivity contribution in [2.24, 2.45) is 0 Å². The first kappa shape index (κ1) is 9.75. The Labute approximate surface area is 92.7 Å². The molecule has 0 unspecified atom stereocenters. The zero-order chi connectivity index (χ0) is 10.3. The summed E-state index contributed by atoms with van der Waals surface area (Å²) in [7, 11) is 0. The minimum absolute atomic E-state index is 0.519. The summed E-state index contributed by atoms with van der Waals surface area (Å²) in [6.07, 6.45) is 0. The van der Waals surface area contributed by atoms with Crippen molar-refractivity contribution in [2.75, 3.05) is 0 Å². The van der Waals surface area contributed by atoms with E-state index in [2.05, 4.69) is 4.98 Å². The summed E-state index contributed by atoms with van der Waals surface area (Å²) >= 11 is 12.2. The Morgan fingerprint density at radius 3 is 2.43 bits per heavy atom. The number of hydrogen-bond acceptors (Lipinski definition) is 1. The van der Waals surface area contributed by atoms with Crippen molar-refractivity contribution in [2.45, 2.75) is 13.8 Å². The van der Waals surface area contributed by atoms with Crippen LogP contribution >= 0.6 is 23.2 Å². The fourth-order valence-electron chi connectivity index (χ4n) is 1.53. The van der Waals surface area contributed by atoms with E-state index in [0.29, 0.717) is 5.15 Å². The molecule has 0 spiro atoms. The fraction of sp³-hybridized carbons (Fsp3) is 0.182. The highest BCUT2D eigenvalue weighted by molar-refractivity contribution is 6.39. The van der Waals surface area contributed by atoms with Gasteiger partial charge in [0.1, 0.15) is 5.15 Å². The Morgan fingerprint density at radius 1 is 1.00 bits per heavy atom. The maximum absolute atomic E-state index is 6.12. The van der Waals surface area contributed by atoms with Gasteiger partial charge in [0.2, 0.25) is 0 Å². The number of hydrogen-bond donors (Lipinski definition) is 0. The van der Waals surface area contributed by atoms with Crippen LogP contribution in [0.5, 0.6) is 0 Å². The summed E-state index contributed by atoms with van der Waals surface area (Å²) in [6.45, 7) is 3.89. The molecule has 2 rings (SSSR count). The highest BCUT2D eigenvalue weighted by Crippen LogP contribution is 2.29. The van der Waals surface area contributed by atoms with Crippen LogP contribution in [0, 0.1) is 13.8 Å². The molecule has 0 fully saturated rings. The molecule has 0 amide bonds. The average Bonchev–Trinajstić information content (AvgIpc) is 2.07. The average molecular weight is 226 g/mol. The van der Waals surface area contributed by atoms with Gasteiger partial charge in [-0.1, -0.05) is 23.2 Å². The molecule has 72 valence electrons. The first-order valence-electron chi connectivity index (χ1n) is 4.31. The summed E-state index contributed by atoms with van der Waals surface area (Å²) in [5.74, 6) is 0. The number of rotatable bonds is 0. The van der Waals surface area contributed by atoms with E-state index in [0.717, 1.165) is 27.1 Å². The molecule has 0 radical (unpaired) electrons. The highest BCUT2D eigenvalue weighted by Gasteiger charge is 2.05. The molecule has 0 aliphatic rings. The Balaban J connectivity index is 2.94. The topological polar surface area (TPSA) is 12.9 Å². The lowest BCUT2D eigenvalue weighted by molar-refractivity contribution is 1.22. The van der Waals surface area contributed by atoms with Crippen LogP contribution in [0.4, 0.5) is 0 Å². The maximum atomic E-state index is 6.12. The standard InChI is InChI=1S/C11H9Cl2N/c1-6-3-9-8(10(12)4-6)5-7(2)14-11(9)13/h3-5H,1-2H3. The van der Waals surface area contributed by atoms with Crippen LogP contribution in [0.3, 0.4) is 0 Å². The minimum atomic E-state index is 0.519. The van der Waals surface area contributed by atoms with Gasteiger partial charge >= 0.3 is 0 Å². The van der Waals surface area contributed by atoms with Gasteiger partial charge in [0.25, 0.3) is 0 Å². The van der Waals surface area contributed by atoms with Gasteiger partial charge in [0.15, 0.2) is 0 Å². The van der Waals surface area contributed by atoms with Gasteiger partial charge in [-0.2, -0.15) is 0 Å². The molecule has 0 saturated heterocycles. The smallest absolute Gasteiger partial charge is 0.137 e. The van der Waals surface area contributed by atoms with Gasteiger partial charge in [0, 0.05) is 21.5 Å². The van der Waals surface area contributed by atoms with Crippen LogP contribution in [0.2, 0.25) is 10.2 Å². The van der Waals surface area contributed by atoms with Gasteiger partial charge in [-0.3, -0.25) is 0 Å². The molecule has 0 aliphatic carbocycles. The first-order chi connectivity index (χ1) is 6.58. The first-order valence-corrected chi connectivity index (χ1v) is 5.06. The van der Waals surface area contributed by atoms with E-state index in [1.165, 1.54) is 0 Å². The van der Waals surface area contributed by atoms with Crippen molar-refractivity contribution in [3.63, 3.8) is 0 Å². The Bertz CT molecular complexity index is 459. The van der Waals surface area contributed by atoms with Crippen LogP contribution in [-0.2, 0) is 0 Å². The molecule has 1 heterocycles. The van der Waals surface area contributed by atoms with Crippen LogP contribution < -0.4 is 0 Å². The maximum Gasteiger partial charge on any atom is 0.137 e. The van der Waals surface area contributed by atoms with Crippen LogP contribution in [0.1, 0.15) is 11.3 Å². The van der Waals surface area contributed by atoms with E-state index in [1.54, 1.807) is 0 Å². The Kier molecular flexibility index (Phi) is 2.38. The van der Waals surface area contributed by atoms with Crippen LogP contribution in [-0.4, -0.2) is 4.98 Å². The molecule has 1 aromatic carbocycles. The predicted molar refractivity (Wildman–Crippen MR) is 61.2 cm³/mol. The molecule has 0 N–H and O–H groups in total. The number of benzene rings is 1. The fourth-order valence-corrected chi connectivity index (χ4v) is 2.15. The van der Waals surface area contributed by atoms with Crippen molar-refractivity contribution in [1.29, 1.82) is 0 Å². The van der Waals surface area contributed by atoms with Gasteiger partial charge in [-0.15, -0.1) is 0 Å². The minimum Gasteiger partial charge on any atom is -0.241 e. The van der Waals surface area contributed by atoms with E-state index in [-0.39, 0.29) is 0 Å². The number of aryl methyl sites for hydroxylation is 2. The summed E-state index contributed by atoms with van der Waals surface area (Å²) in [5, 5.41) is 3.13. The summed E-state index contributed by atoms with van der Waals surface area (Å²) < 4.78 is 0. The van der Waals surface area contributed by atoms with E-state index in [1.807, 2.05) is 32.0 Å². The second-order valence-corrected chi connectivity index (χ2v) is 4.16. The SMILES string of the molecule is Cc1cc(Cl)c2cc(C)nc(Cl)c2c1. The highest BCUT2D eigenvalue weighted by atomic mass is 35.5. The van der Waals surface area contributed by atoms with Gasteiger partial charge in [-0.05, 0) is 37.6 Å². The van der Waals surface area contributed by atoms with Crippen molar-refractivity contribution in [1.82, 2.24) is 4.98 Å². The molecule has 14 heavy (non-hydrogen) atoms. The number of pyridine rings is 1. The van der Waals surface area contributed by atoms with E-state index in [4.69, 9.17) is 23.2 Å². The number of nitrogens with zero attached hydrogens (tertiary/aromatic N) is 1. The third-order valence-corrected chi connectivity index (χ3v) is 2.72. The molecule has 0 atom stereocenters. The van der Waals surface area contributed by atoms with Gasteiger partial charge in [-0.25, -0.2) is 4.98 Å². The Morgan fingerprint density at radius 2 is 1.71 bits per heavy atom. The van der Waals surface area contributed by atoms with Crippen LogP contribution in [0.15, 0.2) is 18.2 Å². The lowest BCUT2D eigenvalue weighted by Gasteiger charge is -2.05. The monoisotopic (exact) mass is 225 g/mol. The largest absolute Gasteiger partial charge is 0.241 e. The number of halogens is 2. The number of aromatic nitrogens is 1. The van der Waals surface area contributed by atoms with E-state index >= 15 is 0 Å². The molecular weight excluding hydrogens is 217 g/mol. The molecule has 0 saturated carbocycles. The van der Waals surface area contributed by atoms with Crippen LogP contribution in [0.25, 0.3) is 10.8 Å². The molecule has 2 aromatic rings. The lowest BCUT2D eigenvalue weighted by Crippen LogP contribution is -1.86. The quantitative estimate of drug-likeness (QED) is 0.614. The second kappa shape index (κ2) is 3.41. The predicted octanol–water partition coefficient (Wildman–Crippen LogP) is 4.16. The third kappa shape index (κ3) is 1.58. The van der Waals surface area contributed by atoms with Gasteiger partial charge < -0.3 is 0 Å². The molecule has 0 aliphatic heterocycles. The van der Waals surface area contributed by atoms with E-state index in [9.17, 15) is 0 Å². The summed E-state index contributed by atoms with van der Waals surface area (Å²) in [5.41, 5.74) is 1.98. The van der Waals surface area contributed by atoms with Crippen molar-refractivity contribution in [3.05, 3.63) is 39.6 Å². The number of fused-ring (bicyclic) bond motifs is 1. The van der Waals surface area contributed by atoms with Crippen molar-refractivity contribution >= 4 is 34.0 Å². The summed E-state index contributed by atoms with van der Waals surface area (Å²) in [6, 6.07) is 5.87. The third-order valence-electron chi connectivity index (χ3n) is 2.12.